The van der Waals surface area contributed by atoms with Crippen molar-refractivity contribution >= 4 is 17.4 Å². The van der Waals surface area contributed by atoms with Gasteiger partial charge in [0.15, 0.2) is 11.1 Å². The topological polar surface area (TPSA) is 91.9 Å². The number of rotatable bonds is 3. The molecule has 0 atom stereocenters. The molecule has 78 valence electrons. The number of H-pyrrole nitrogens is 1. The summed E-state index contributed by atoms with van der Waals surface area (Å²) in [6.07, 6.45) is 4.62. The number of nitrogens with one attached hydrogen (secondary N) is 2. The van der Waals surface area contributed by atoms with Crippen LogP contribution < -0.4 is 5.49 Å². The SMILES string of the molecule is CON=CCn1cnc2nc[nH]c2c1=N. The van der Waals surface area contributed by atoms with Gasteiger partial charge in [-0.2, -0.15) is 0 Å². The molecule has 0 radical (unpaired) electrons. The minimum Gasteiger partial charge on any atom is -0.399 e. The highest BCUT2D eigenvalue weighted by molar-refractivity contribution is 5.67. The third-order valence-corrected chi connectivity index (χ3v) is 1.92. The zero-order valence-corrected chi connectivity index (χ0v) is 8.14. The van der Waals surface area contributed by atoms with E-state index in [9.17, 15) is 0 Å². The quantitative estimate of drug-likeness (QED) is 0.541. The van der Waals surface area contributed by atoms with Crippen molar-refractivity contribution in [3.05, 3.63) is 18.1 Å². The van der Waals surface area contributed by atoms with Crippen LogP contribution in [-0.2, 0) is 11.4 Å². The highest BCUT2D eigenvalue weighted by Gasteiger charge is 2.01. The molecule has 0 unspecified atom stereocenters. The largest absolute Gasteiger partial charge is 0.399 e. The fourth-order valence-corrected chi connectivity index (χ4v) is 1.22. The van der Waals surface area contributed by atoms with Crippen molar-refractivity contribution in [3.63, 3.8) is 0 Å². The summed E-state index contributed by atoms with van der Waals surface area (Å²) in [5, 5.41) is 11.4. The molecule has 0 bridgehead atoms. The number of imidazole rings is 1. The molecule has 0 saturated heterocycles. The molecule has 2 N–H and O–H groups in total. The smallest absolute Gasteiger partial charge is 0.182 e. The summed E-state index contributed by atoms with van der Waals surface area (Å²) in [6.45, 7) is 0.439. The zero-order valence-electron chi connectivity index (χ0n) is 8.14. The molecule has 0 fully saturated rings. The van der Waals surface area contributed by atoms with Crippen molar-refractivity contribution in [2.45, 2.75) is 6.54 Å². The van der Waals surface area contributed by atoms with Crippen LogP contribution in [-0.4, -0.2) is 32.8 Å². The molecule has 0 aliphatic carbocycles. The van der Waals surface area contributed by atoms with Gasteiger partial charge < -0.3 is 14.4 Å². The summed E-state index contributed by atoms with van der Waals surface area (Å²) < 4.78 is 1.63. The van der Waals surface area contributed by atoms with Gasteiger partial charge in [-0.3, -0.25) is 5.41 Å². The van der Waals surface area contributed by atoms with E-state index in [-0.39, 0.29) is 0 Å². The Morgan fingerprint density at radius 1 is 1.67 bits per heavy atom. The van der Waals surface area contributed by atoms with Crippen molar-refractivity contribution < 1.29 is 4.84 Å². The second-order valence-electron chi connectivity index (χ2n) is 2.82. The molecule has 0 amide bonds. The van der Waals surface area contributed by atoms with E-state index in [1.807, 2.05) is 0 Å². The predicted molar refractivity (Wildman–Crippen MR) is 53.2 cm³/mol. The fraction of sp³-hybridized carbons (Fsp3) is 0.250. The number of oxime groups is 1. The Morgan fingerprint density at radius 3 is 3.33 bits per heavy atom. The highest BCUT2D eigenvalue weighted by atomic mass is 16.6. The molecule has 0 spiro atoms. The van der Waals surface area contributed by atoms with Gasteiger partial charge in [-0.25, -0.2) is 9.97 Å². The van der Waals surface area contributed by atoms with Gasteiger partial charge in [0, 0.05) is 0 Å². The van der Waals surface area contributed by atoms with E-state index in [2.05, 4.69) is 24.9 Å². The Balaban J connectivity index is 2.40. The maximum atomic E-state index is 7.84. The maximum absolute atomic E-state index is 7.84. The molecule has 0 saturated carbocycles. The van der Waals surface area contributed by atoms with Crippen molar-refractivity contribution in [1.29, 1.82) is 5.41 Å². The molecule has 7 nitrogen and oxygen atoms in total. The molecule has 2 aromatic heterocycles. The second-order valence-corrected chi connectivity index (χ2v) is 2.82. The average molecular weight is 206 g/mol. The second kappa shape index (κ2) is 3.91. The fourth-order valence-electron chi connectivity index (χ4n) is 1.22. The minimum atomic E-state index is 0.319. The van der Waals surface area contributed by atoms with Crippen LogP contribution in [0.4, 0.5) is 0 Å². The van der Waals surface area contributed by atoms with Crippen molar-refractivity contribution in [2.75, 3.05) is 7.11 Å². The lowest BCUT2D eigenvalue weighted by molar-refractivity contribution is 0.214. The number of hydrogen-bond donors (Lipinski definition) is 2. The van der Waals surface area contributed by atoms with Crippen LogP contribution in [0.2, 0.25) is 0 Å². The Kier molecular flexibility index (Phi) is 2.44. The first-order valence-electron chi connectivity index (χ1n) is 4.31. The Bertz CT molecular complexity index is 539. The van der Waals surface area contributed by atoms with E-state index in [1.54, 1.807) is 17.1 Å². The van der Waals surface area contributed by atoms with Gasteiger partial charge in [-0.05, 0) is 0 Å². The lowest BCUT2D eigenvalue weighted by Crippen LogP contribution is -2.21. The number of aromatic nitrogens is 4. The molecule has 2 heterocycles. The minimum absolute atomic E-state index is 0.319. The summed E-state index contributed by atoms with van der Waals surface area (Å²) in [5.74, 6) is 0. The Morgan fingerprint density at radius 2 is 2.53 bits per heavy atom. The van der Waals surface area contributed by atoms with Crippen molar-refractivity contribution in [2.24, 2.45) is 5.16 Å². The summed E-state index contributed by atoms with van der Waals surface area (Å²) in [4.78, 5) is 15.4. The summed E-state index contributed by atoms with van der Waals surface area (Å²) in [5.41, 5.74) is 1.48. The highest BCUT2D eigenvalue weighted by Crippen LogP contribution is 1.96. The maximum Gasteiger partial charge on any atom is 0.182 e. The third kappa shape index (κ3) is 1.71. The molecule has 0 aliphatic heterocycles. The first kappa shape index (κ1) is 9.38. The summed E-state index contributed by atoms with van der Waals surface area (Å²) in [7, 11) is 1.47. The van der Waals surface area contributed by atoms with Crippen LogP contribution in [0.5, 0.6) is 0 Å². The van der Waals surface area contributed by atoms with Gasteiger partial charge in [-0.15, -0.1) is 0 Å². The molecular weight excluding hydrogens is 196 g/mol. The van der Waals surface area contributed by atoms with Gasteiger partial charge in [0.2, 0.25) is 0 Å². The van der Waals surface area contributed by atoms with E-state index >= 15 is 0 Å². The van der Waals surface area contributed by atoms with Gasteiger partial charge in [-0.1, -0.05) is 5.16 Å². The molecule has 7 heteroatoms. The van der Waals surface area contributed by atoms with Crippen LogP contribution in [0.1, 0.15) is 0 Å². The van der Waals surface area contributed by atoms with E-state index in [4.69, 9.17) is 5.41 Å². The Labute approximate surface area is 84.9 Å². The van der Waals surface area contributed by atoms with Crippen LogP contribution >= 0.6 is 0 Å². The lowest BCUT2D eigenvalue weighted by atomic mass is 10.5. The van der Waals surface area contributed by atoms with Gasteiger partial charge >= 0.3 is 0 Å². The van der Waals surface area contributed by atoms with E-state index < -0.39 is 0 Å². The number of aromatic amines is 1. The van der Waals surface area contributed by atoms with Gasteiger partial charge in [0.25, 0.3) is 0 Å². The molecule has 15 heavy (non-hydrogen) atoms. The first-order chi connectivity index (χ1) is 7.33. The van der Waals surface area contributed by atoms with Gasteiger partial charge in [0.1, 0.15) is 12.6 Å². The summed E-state index contributed by atoms with van der Waals surface area (Å²) >= 11 is 0. The molecular formula is C8H10N6O. The molecule has 2 rings (SSSR count). The van der Waals surface area contributed by atoms with E-state index in [1.165, 1.54) is 13.4 Å². The Hall–Kier alpha value is -2.18. The summed E-state index contributed by atoms with van der Waals surface area (Å²) in [6, 6.07) is 0. The van der Waals surface area contributed by atoms with Crippen molar-refractivity contribution in [3.8, 4) is 0 Å². The van der Waals surface area contributed by atoms with Crippen molar-refractivity contribution in [1.82, 2.24) is 19.5 Å². The van der Waals surface area contributed by atoms with Crippen LogP contribution in [0.3, 0.4) is 0 Å². The van der Waals surface area contributed by atoms with Crippen LogP contribution in [0, 0.1) is 5.41 Å². The number of hydrogen-bond acceptors (Lipinski definition) is 5. The average Bonchev–Trinajstić information content (AvgIpc) is 2.70. The van der Waals surface area contributed by atoms with E-state index in [0.717, 1.165) is 0 Å². The first-order valence-corrected chi connectivity index (χ1v) is 4.31. The zero-order chi connectivity index (χ0) is 10.7. The number of nitrogens with zero attached hydrogens (tertiary/aromatic N) is 4. The predicted octanol–water partition coefficient (Wildman–Crippen LogP) is -0.129. The number of fused-ring (bicyclic) bond motifs is 1. The van der Waals surface area contributed by atoms with Crippen LogP contribution in [0.15, 0.2) is 17.8 Å². The van der Waals surface area contributed by atoms with E-state index in [0.29, 0.717) is 23.2 Å². The standard InChI is InChI=1S/C8H10N6O/c1-15-13-2-3-14-5-12-8-6(7(14)9)10-4-11-8/h2,4-5,9H,3H2,1H3,(H,10,11). The molecule has 0 aromatic carbocycles. The van der Waals surface area contributed by atoms with Crippen LogP contribution in [0.25, 0.3) is 11.2 Å². The molecule has 0 aliphatic rings. The lowest BCUT2D eigenvalue weighted by Gasteiger charge is -2.01. The third-order valence-electron chi connectivity index (χ3n) is 1.92. The normalized spacial score (nSPS) is 11.3. The monoisotopic (exact) mass is 206 g/mol. The molecule has 2 aromatic rings. The van der Waals surface area contributed by atoms with Gasteiger partial charge in [0.05, 0.1) is 25.4 Å².